The maximum Gasteiger partial charge on any atom is 0.155 e. The molecule has 3 heterocycles. The van der Waals surface area contributed by atoms with Crippen LogP contribution < -0.4 is 0 Å². The summed E-state index contributed by atoms with van der Waals surface area (Å²) in [6.07, 6.45) is 6.27. The normalized spacial score (nSPS) is 18.5. The number of rotatable bonds is 5. The van der Waals surface area contributed by atoms with Crippen molar-refractivity contribution < 1.29 is 0 Å². The maximum absolute atomic E-state index is 4.53. The number of hydrogen-bond acceptors (Lipinski definition) is 4. The number of benzene rings is 1. The zero-order valence-electron chi connectivity index (χ0n) is 14.6. The number of piperidine rings is 1. The van der Waals surface area contributed by atoms with Crippen molar-refractivity contribution in [2.24, 2.45) is 0 Å². The number of likely N-dealkylation sites (tertiary alicyclic amines) is 1. The fourth-order valence-electron chi connectivity index (χ4n) is 3.58. The fraction of sp³-hybridized carbons (Fsp3) is 0.421. The third-order valence-electron chi connectivity index (χ3n) is 4.87. The third kappa shape index (κ3) is 3.79. The Hall–Kier alpha value is -2.47. The molecule has 0 aliphatic carbocycles. The Kier molecular flexibility index (Phi) is 4.61. The second-order valence-corrected chi connectivity index (χ2v) is 6.85. The molecule has 6 heteroatoms. The van der Waals surface area contributed by atoms with Crippen LogP contribution in [0.2, 0.25) is 0 Å². The molecule has 0 radical (unpaired) electrons. The number of aromatic amines is 1. The molecule has 130 valence electrons. The smallest absolute Gasteiger partial charge is 0.155 e. The average Bonchev–Trinajstić information content (AvgIpc) is 3.26. The van der Waals surface area contributed by atoms with Gasteiger partial charge in [-0.2, -0.15) is 5.10 Å². The number of imidazole rings is 1. The predicted molar refractivity (Wildman–Crippen MR) is 96.1 cm³/mol. The minimum Gasteiger partial charge on any atom is -0.329 e. The second kappa shape index (κ2) is 7.19. The van der Waals surface area contributed by atoms with E-state index in [-0.39, 0.29) is 0 Å². The number of hydrogen-bond donors (Lipinski definition) is 1. The topological polar surface area (TPSA) is 62.6 Å². The van der Waals surface area contributed by atoms with Crippen LogP contribution in [0.3, 0.4) is 0 Å². The molecule has 1 aliphatic heterocycles. The van der Waals surface area contributed by atoms with Crippen molar-refractivity contribution in [1.82, 2.24) is 29.6 Å². The molecule has 0 spiro atoms. The van der Waals surface area contributed by atoms with E-state index < -0.39 is 0 Å². The Morgan fingerprint density at radius 1 is 1.20 bits per heavy atom. The molecule has 1 aliphatic rings. The van der Waals surface area contributed by atoms with Crippen LogP contribution in [-0.2, 0) is 13.1 Å². The lowest BCUT2D eigenvalue weighted by atomic mass is 9.97. The number of aryl methyl sites for hydroxylation is 1. The summed E-state index contributed by atoms with van der Waals surface area (Å²) in [7, 11) is 0. The van der Waals surface area contributed by atoms with E-state index in [1.807, 2.05) is 19.4 Å². The van der Waals surface area contributed by atoms with Crippen LogP contribution in [0.15, 0.2) is 42.9 Å². The molecule has 1 unspecified atom stereocenters. The van der Waals surface area contributed by atoms with Gasteiger partial charge in [0.2, 0.25) is 0 Å². The summed E-state index contributed by atoms with van der Waals surface area (Å²) >= 11 is 0. The van der Waals surface area contributed by atoms with Gasteiger partial charge in [0.25, 0.3) is 0 Å². The molecule has 1 saturated heterocycles. The Morgan fingerprint density at radius 3 is 2.88 bits per heavy atom. The molecular weight excluding hydrogens is 312 g/mol. The van der Waals surface area contributed by atoms with Crippen LogP contribution >= 0.6 is 0 Å². The standard InChI is InChI=1S/C19H24N6/c1-15-21-19(23-22-15)17-8-5-9-24(12-17)13-18-10-20-14-25(18)11-16-6-3-2-4-7-16/h2-4,6-7,10,14,17H,5,8-9,11-13H2,1H3,(H,21,22,23). The Labute approximate surface area is 147 Å². The van der Waals surface area contributed by atoms with Crippen molar-refractivity contribution in [3.8, 4) is 0 Å². The van der Waals surface area contributed by atoms with E-state index in [1.54, 1.807) is 0 Å². The van der Waals surface area contributed by atoms with Crippen molar-refractivity contribution in [3.63, 3.8) is 0 Å². The number of H-pyrrole nitrogens is 1. The zero-order chi connectivity index (χ0) is 17.1. The maximum atomic E-state index is 4.53. The van der Waals surface area contributed by atoms with Crippen LogP contribution in [-0.4, -0.2) is 42.7 Å². The van der Waals surface area contributed by atoms with Crippen LogP contribution in [0.5, 0.6) is 0 Å². The lowest BCUT2D eigenvalue weighted by molar-refractivity contribution is 0.193. The van der Waals surface area contributed by atoms with Gasteiger partial charge < -0.3 is 4.57 Å². The highest BCUT2D eigenvalue weighted by molar-refractivity contribution is 5.16. The molecule has 1 fully saturated rings. The van der Waals surface area contributed by atoms with E-state index in [9.17, 15) is 0 Å². The zero-order valence-corrected chi connectivity index (χ0v) is 14.6. The van der Waals surface area contributed by atoms with E-state index in [0.29, 0.717) is 5.92 Å². The van der Waals surface area contributed by atoms with Crippen molar-refractivity contribution in [2.45, 2.75) is 38.8 Å². The molecule has 4 rings (SSSR count). The Morgan fingerprint density at radius 2 is 2.08 bits per heavy atom. The summed E-state index contributed by atoms with van der Waals surface area (Å²) in [5.74, 6) is 2.28. The molecule has 0 saturated carbocycles. The molecule has 2 aromatic heterocycles. The SMILES string of the molecule is Cc1nc(C2CCCN(Cc3cncn3Cc3ccccc3)C2)n[nH]1. The van der Waals surface area contributed by atoms with Gasteiger partial charge in [0.1, 0.15) is 5.82 Å². The third-order valence-corrected chi connectivity index (χ3v) is 4.87. The average molecular weight is 336 g/mol. The number of nitrogens with zero attached hydrogens (tertiary/aromatic N) is 5. The summed E-state index contributed by atoms with van der Waals surface area (Å²) in [6.45, 7) is 5.88. The number of aromatic nitrogens is 5. The van der Waals surface area contributed by atoms with E-state index in [0.717, 1.165) is 44.2 Å². The lowest BCUT2D eigenvalue weighted by Crippen LogP contribution is -2.34. The van der Waals surface area contributed by atoms with Gasteiger partial charge >= 0.3 is 0 Å². The summed E-state index contributed by atoms with van der Waals surface area (Å²) < 4.78 is 2.25. The van der Waals surface area contributed by atoms with E-state index in [1.165, 1.54) is 17.7 Å². The van der Waals surface area contributed by atoms with Gasteiger partial charge in [-0.3, -0.25) is 10.00 Å². The van der Waals surface area contributed by atoms with Gasteiger partial charge in [-0.05, 0) is 31.9 Å². The van der Waals surface area contributed by atoms with E-state index >= 15 is 0 Å². The quantitative estimate of drug-likeness (QED) is 0.778. The van der Waals surface area contributed by atoms with Gasteiger partial charge in [0, 0.05) is 31.7 Å². The van der Waals surface area contributed by atoms with Crippen LogP contribution in [0, 0.1) is 6.92 Å². The van der Waals surface area contributed by atoms with Crippen molar-refractivity contribution in [1.29, 1.82) is 0 Å². The first-order chi connectivity index (χ1) is 12.3. The molecule has 0 bridgehead atoms. The molecule has 25 heavy (non-hydrogen) atoms. The molecule has 3 aromatic rings. The minimum atomic E-state index is 0.421. The fourth-order valence-corrected chi connectivity index (χ4v) is 3.58. The van der Waals surface area contributed by atoms with Gasteiger partial charge in [0.05, 0.1) is 12.0 Å². The van der Waals surface area contributed by atoms with Gasteiger partial charge in [0.15, 0.2) is 5.82 Å². The minimum absolute atomic E-state index is 0.421. The first kappa shape index (κ1) is 16.0. The summed E-state index contributed by atoms with van der Waals surface area (Å²) in [5, 5.41) is 7.33. The van der Waals surface area contributed by atoms with Gasteiger partial charge in [-0.15, -0.1) is 0 Å². The Bertz CT molecular complexity index is 806. The van der Waals surface area contributed by atoms with Gasteiger partial charge in [-0.25, -0.2) is 9.97 Å². The summed E-state index contributed by atoms with van der Waals surface area (Å²) in [4.78, 5) is 11.4. The van der Waals surface area contributed by atoms with Crippen LogP contribution in [0.25, 0.3) is 0 Å². The first-order valence-corrected chi connectivity index (χ1v) is 8.92. The van der Waals surface area contributed by atoms with Crippen LogP contribution in [0.1, 0.15) is 41.7 Å². The lowest BCUT2D eigenvalue weighted by Gasteiger charge is -2.31. The highest BCUT2D eigenvalue weighted by Crippen LogP contribution is 2.25. The molecule has 1 atom stereocenters. The molecule has 0 amide bonds. The van der Waals surface area contributed by atoms with Crippen molar-refractivity contribution >= 4 is 0 Å². The predicted octanol–water partition coefficient (Wildman–Crippen LogP) is 2.74. The largest absolute Gasteiger partial charge is 0.329 e. The molecular formula is C19H24N6. The van der Waals surface area contributed by atoms with E-state index in [4.69, 9.17) is 0 Å². The first-order valence-electron chi connectivity index (χ1n) is 8.92. The molecule has 1 N–H and O–H groups in total. The molecule has 1 aromatic carbocycles. The van der Waals surface area contributed by atoms with Crippen molar-refractivity contribution in [3.05, 3.63) is 65.8 Å². The highest BCUT2D eigenvalue weighted by atomic mass is 15.2. The number of nitrogens with one attached hydrogen (secondary N) is 1. The summed E-state index contributed by atoms with van der Waals surface area (Å²) in [6, 6.07) is 10.5. The summed E-state index contributed by atoms with van der Waals surface area (Å²) in [5.41, 5.74) is 2.56. The van der Waals surface area contributed by atoms with Gasteiger partial charge in [-0.1, -0.05) is 30.3 Å². The Balaban J connectivity index is 1.43. The second-order valence-electron chi connectivity index (χ2n) is 6.85. The van der Waals surface area contributed by atoms with Crippen molar-refractivity contribution in [2.75, 3.05) is 13.1 Å². The van der Waals surface area contributed by atoms with Crippen LogP contribution in [0.4, 0.5) is 0 Å². The van der Waals surface area contributed by atoms with E-state index in [2.05, 4.69) is 60.0 Å². The molecule has 6 nitrogen and oxygen atoms in total. The monoisotopic (exact) mass is 336 g/mol. The highest BCUT2D eigenvalue weighted by Gasteiger charge is 2.24.